The molecule has 1 aromatic heterocycles. The van der Waals surface area contributed by atoms with Crippen LogP contribution in [0.15, 0.2) is 57.8 Å². The summed E-state index contributed by atoms with van der Waals surface area (Å²) in [6.07, 6.45) is 0.237. The fourth-order valence-electron chi connectivity index (χ4n) is 2.24. The van der Waals surface area contributed by atoms with Gasteiger partial charge in [0.25, 0.3) is 5.89 Å². The monoisotopic (exact) mass is 373 g/mol. The first-order chi connectivity index (χ1) is 12.2. The molecule has 0 fully saturated rings. The second kappa shape index (κ2) is 8.18. The molecule has 25 heavy (non-hydrogen) atoms. The fraction of sp³-hybridized carbons (Fsp3) is 0.167. The summed E-state index contributed by atoms with van der Waals surface area (Å²) in [5.41, 5.74) is 1.55. The standard InChI is InChI=1S/C18H16ClN3O2S/c1-2-25-13-9-7-12(8-10-13)11-16(23)20-18-22-21-17(24-18)14-5-3-4-6-15(14)19/h3-10H,2,11H2,1H3,(H,20,22,23). The van der Waals surface area contributed by atoms with E-state index in [1.165, 1.54) is 4.90 Å². The summed E-state index contributed by atoms with van der Waals surface area (Å²) in [7, 11) is 0. The molecule has 3 aromatic rings. The van der Waals surface area contributed by atoms with Gasteiger partial charge in [-0.15, -0.1) is 16.9 Å². The lowest BCUT2D eigenvalue weighted by Gasteiger charge is -2.03. The second-order valence-corrected chi connectivity index (χ2v) is 6.94. The minimum atomic E-state index is -0.217. The van der Waals surface area contributed by atoms with Gasteiger partial charge in [0.1, 0.15) is 0 Å². The number of nitrogens with one attached hydrogen (secondary N) is 1. The maximum absolute atomic E-state index is 12.1. The minimum absolute atomic E-state index is 0.0538. The van der Waals surface area contributed by atoms with E-state index >= 15 is 0 Å². The highest BCUT2D eigenvalue weighted by molar-refractivity contribution is 7.99. The number of hydrogen-bond donors (Lipinski definition) is 1. The Hall–Kier alpha value is -2.31. The van der Waals surface area contributed by atoms with E-state index in [0.717, 1.165) is 11.3 Å². The lowest BCUT2D eigenvalue weighted by molar-refractivity contribution is -0.115. The molecule has 0 spiro atoms. The Labute approximate surface area is 154 Å². The number of aromatic nitrogens is 2. The Morgan fingerprint density at radius 1 is 1.16 bits per heavy atom. The van der Waals surface area contributed by atoms with Crippen LogP contribution in [0.4, 0.5) is 6.01 Å². The Balaban J connectivity index is 1.63. The molecule has 0 aliphatic carbocycles. The van der Waals surface area contributed by atoms with Crippen molar-refractivity contribution < 1.29 is 9.21 Å². The van der Waals surface area contributed by atoms with Crippen molar-refractivity contribution in [3.63, 3.8) is 0 Å². The van der Waals surface area contributed by atoms with E-state index in [1.807, 2.05) is 36.4 Å². The molecular weight excluding hydrogens is 358 g/mol. The molecule has 0 aliphatic rings. The zero-order valence-corrected chi connectivity index (χ0v) is 15.1. The summed E-state index contributed by atoms with van der Waals surface area (Å²) in [4.78, 5) is 13.3. The van der Waals surface area contributed by atoms with Gasteiger partial charge in [-0.05, 0) is 35.6 Å². The molecule has 0 radical (unpaired) electrons. The normalized spacial score (nSPS) is 10.6. The Kier molecular flexibility index (Phi) is 5.73. The highest BCUT2D eigenvalue weighted by atomic mass is 35.5. The average molecular weight is 374 g/mol. The van der Waals surface area contributed by atoms with Gasteiger partial charge in [0, 0.05) is 4.90 Å². The predicted molar refractivity (Wildman–Crippen MR) is 99.9 cm³/mol. The van der Waals surface area contributed by atoms with Crippen molar-refractivity contribution in [2.75, 3.05) is 11.1 Å². The van der Waals surface area contributed by atoms with Gasteiger partial charge in [0.2, 0.25) is 5.91 Å². The SMILES string of the molecule is CCSc1ccc(CC(=O)Nc2nnc(-c3ccccc3Cl)o2)cc1. The molecule has 0 bridgehead atoms. The van der Waals surface area contributed by atoms with Crippen LogP contribution < -0.4 is 5.32 Å². The molecule has 3 rings (SSSR count). The highest BCUT2D eigenvalue weighted by Crippen LogP contribution is 2.27. The van der Waals surface area contributed by atoms with Crippen molar-refractivity contribution in [1.29, 1.82) is 0 Å². The van der Waals surface area contributed by atoms with Crippen molar-refractivity contribution in [2.24, 2.45) is 0 Å². The van der Waals surface area contributed by atoms with Crippen molar-refractivity contribution in [1.82, 2.24) is 10.2 Å². The number of thioether (sulfide) groups is 1. The van der Waals surface area contributed by atoms with Crippen molar-refractivity contribution in [3.8, 4) is 11.5 Å². The number of amides is 1. The van der Waals surface area contributed by atoms with Crippen LogP contribution in [0.3, 0.4) is 0 Å². The van der Waals surface area contributed by atoms with E-state index in [9.17, 15) is 4.79 Å². The molecule has 0 atom stereocenters. The largest absolute Gasteiger partial charge is 0.403 e. The fourth-order valence-corrected chi connectivity index (χ4v) is 3.11. The second-order valence-electron chi connectivity index (χ2n) is 5.19. The smallest absolute Gasteiger partial charge is 0.322 e. The molecule has 7 heteroatoms. The molecule has 0 unspecified atom stereocenters. The number of benzene rings is 2. The molecule has 128 valence electrons. The topological polar surface area (TPSA) is 68.0 Å². The van der Waals surface area contributed by atoms with E-state index in [4.69, 9.17) is 16.0 Å². The maximum Gasteiger partial charge on any atom is 0.322 e. The summed E-state index contributed by atoms with van der Waals surface area (Å²) < 4.78 is 5.47. The summed E-state index contributed by atoms with van der Waals surface area (Å²) >= 11 is 7.86. The molecule has 1 amide bonds. The number of halogens is 1. The van der Waals surface area contributed by atoms with E-state index in [-0.39, 0.29) is 24.2 Å². The third kappa shape index (κ3) is 4.61. The highest BCUT2D eigenvalue weighted by Gasteiger charge is 2.13. The number of rotatable bonds is 6. The van der Waals surface area contributed by atoms with Crippen LogP contribution in [0.2, 0.25) is 5.02 Å². The summed E-state index contributed by atoms with van der Waals surface area (Å²) in [6, 6.07) is 15.1. The van der Waals surface area contributed by atoms with E-state index in [2.05, 4.69) is 22.4 Å². The quantitative estimate of drug-likeness (QED) is 0.635. The minimum Gasteiger partial charge on any atom is -0.403 e. The number of hydrogen-bond acceptors (Lipinski definition) is 5. The zero-order chi connectivity index (χ0) is 17.6. The number of carbonyl (C=O) groups is 1. The van der Waals surface area contributed by atoms with Crippen LogP contribution in [0, 0.1) is 0 Å². The van der Waals surface area contributed by atoms with Gasteiger partial charge in [0.05, 0.1) is 17.0 Å². The van der Waals surface area contributed by atoms with Crippen molar-refractivity contribution in [2.45, 2.75) is 18.2 Å². The van der Waals surface area contributed by atoms with Crippen LogP contribution in [0.25, 0.3) is 11.5 Å². The predicted octanol–water partition coefficient (Wildman–Crippen LogP) is 4.68. The van der Waals surface area contributed by atoms with Crippen LogP contribution in [-0.2, 0) is 11.2 Å². The van der Waals surface area contributed by atoms with Crippen LogP contribution in [-0.4, -0.2) is 21.9 Å². The van der Waals surface area contributed by atoms with Gasteiger partial charge in [-0.2, -0.15) is 0 Å². The first-order valence-electron chi connectivity index (χ1n) is 7.75. The molecule has 1 heterocycles. The van der Waals surface area contributed by atoms with Gasteiger partial charge in [-0.1, -0.05) is 47.9 Å². The first-order valence-corrected chi connectivity index (χ1v) is 9.12. The van der Waals surface area contributed by atoms with Crippen LogP contribution in [0.5, 0.6) is 0 Å². The van der Waals surface area contributed by atoms with Gasteiger partial charge in [0.15, 0.2) is 0 Å². The van der Waals surface area contributed by atoms with E-state index in [0.29, 0.717) is 10.6 Å². The first kappa shape index (κ1) is 17.5. The van der Waals surface area contributed by atoms with Gasteiger partial charge >= 0.3 is 6.01 Å². The Morgan fingerprint density at radius 3 is 2.64 bits per heavy atom. The van der Waals surface area contributed by atoms with Gasteiger partial charge in [-0.25, -0.2) is 0 Å². The van der Waals surface area contributed by atoms with E-state index < -0.39 is 0 Å². The van der Waals surface area contributed by atoms with Crippen molar-refractivity contribution in [3.05, 3.63) is 59.1 Å². The molecule has 0 aliphatic heterocycles. The zero-order valence-electron chi connectivity index (χ0n) is 13.5. The number of nitrogens with zero attached hydrogens (tertiary/aromatic N) is 2. The van der Waals surface area contributed by atoms with Crippen molar-refractivity contribution >= 4 is 35.3 Å². The molecular formula is C18H16ClN3O2S. The number of carbonyl (C=O) groups excluding carboxylic acids is 1. The number of anilines is 1. The van der Waals surface area contributed by atoms with Crippen LogP contribution >= 0.6 is 23.4 Å². The lowest BCUT2D eigenvalue weighted by Crippen LogP contribution is -2.14. The summed E-state index contributed by atoms with van der Waals surface area (Å²) in [5.74, 6) is 1.07. The molecule has 1 N–H and O–H groups in total. The third-order valence-electron chi connectivity index (χ3n) is 3.37. The maximum atomic E-state index is 12.1. The summed E-state index contributed by atoms with van der Waals surface area (Å²) in [5, 5.41) is 10.9. The lowest BCUT2D eigenvalue weighted by atomic mass is 10.1. The molecule has 5 nitrogen and oxygen atoms in total. The van der Waals surface area contributed by atoms with Crippen LogP contribution in [0.1, 0.15) is 12.5 Å². The average Bonchev–Trinajstić information content (AvgIpc) is 3.05. The molecule has 2 aromatic carbocycles. The Morgan fingerprint density at radius 2 is 1.92 bits per heavy atom. The molecule has 0 saturated heterocycles. The Bertz CT molecular complexity index is 865. The van der Waals surface area contributed by atoms with E-state index in [1.54, 1.807) is 23.9 Å². The summed E-state index contributed by atoms with van der Waals surface area (Å²) in [6.45, 7) is 2.10. The van der Waals surface area contributed by atoms with Gasteiger partial charge in [-0.3, -0.25) is 10.1 Å². The third-order valence-corrected chi connectivity index (χ3v) is 4.60. The van der Waals surface area contributed by atoms with Gasteiger partial charge < -0.3 is 4.42 Å². The molecule has 0 saturated carbocycles.